The summed E-state index contributed by atoms with van der Waals surface area (Å²) in [7, 11) is 0. The number of nitrogens with zero attached hydrogens (tertiary/aromatic N) is 2. The van der Waals surface area contributed by atoms with Gasteiger partial charge in [0.05, 0.1) is 0 Å². The number of benzene rings is 1. The summed E-state index contributed by atoms with van der Waals surface area (Å²) in [5, 5.41) is 8.83. The summed E-state index contributed by atoms with van der Waals surface area (Å²) < 4.78 is 5.69. The maximum atomic E-state index is 5.69. The number of aromatic nitrogens is 2. The van der Waals surface area contributed by atoms with E-state index in [9.17, 15) is 0 Å². The quantitative estimate of drug-likeness (QED) is 0.831. The van der Waals surface area contributed by atoms with Gasteiger partial charge in [-0.15, -0.1) is 10.2 Å². The molecular formula is C15H22N3OS+. The summed E-state index contributed by atoms with van der Waals surface area (Å²) in [6, 6.07) is 8.56. The van der Waals surface area contributed by atoms with E-state index in [1.165, 1.54) is 11.1 Å². The molecule has 3 N–H and O–H groups in total. The first kappa shape index (κ1) is 15.1. The SMILES string of the molecule is CC[C@H](C)[C@H]([NH3+])c1nnc(SCc2ccc(C)cc2)o1. The zero-order chi connectivity index (χ0) is 14.5. The van der Waals surface area contributed by atoms with Crippen LogP contribution in [0.1, 0.15) is 43.3 Å². The number of hydrogen-bond acceptors (Lipinski definition) is 4. The number of thioether (sulfide) groups is 1. The van der Waals surface area contributed by atoms with Crippen molar-refractivity contribution in [3.63, 3.8) is 0 Å². The van der Waals surface area contributed by atoms with Crippen LogP contribution in [0.3, 0.4) is 0 Å². The van der Waals surface area contributed by atoms with Gasteiger partial charge in [-0.25, -0.2) is 0 Å². The van der Waals surface area contributed by atoms with Crippen LogP contribution in [0.5, 0.6) is 0 Å². The van der Waals surface area contributed by atoms with E-state index < -0.39 is 0 Å². The Morgan fingerprint density at radius 2 is 1.95 bits per heavy atom. The Bertz CT molecular complexity index is 538. The van der Waals surface area contributed by atoms with Gasteiger partial charge in [-0.3, -0.25) is 0 Å². The lowest BCUT2D eigenvalue weighted by atomic mass is 10.0. The van der Waals surface area contributed by atoms with Crippen LogP contribution >= 0.6 is 11.8 Å². The van der Waals surface area contributed by atoms with Crippen molar-refractivity contribution >= 4 is 11.8 Å². The summed E-state index contributed by atoms with van der Waals surface area (Å²) in [6.45, 7) is 6.39. The van der Waals surface area contributed by atoms with Crippen LogP contribution in [0.25, 0.3) is 0 Å². The Hall–Kier alpha value is -1.33. The second-order valence-corrected chi connectivity index (χ2v) is 6.10. The second kappa shape index (κ2) is 6.90. The monoisotopic (exact) mass is 292 g/mol. The lowest BCUT2D eigenvalue weighted by molar-refractivity contribution is -0.444. The van der Waals surface area contributed by atoms with E-state index in [0.717, 1.165) is 12.2 Å². The fourth-order valence-electron chi connectivity index (χ4n) is 1.79. The van der Waals surface area contributed by atoms with Gasteiger partial charge in [0, 0.05) is 11.7 Å². The molecule has 4 nitrogen and oxygen atoms in total. The molecule has 1 aromatic carbocycles. The smallest absolute Gasteiger partial charge is 0.277 e. The minimum Gasteiger partial charge on any atom is -0.410 e. The molecule has 0 saturated carbocycles. The molecule has 0 spiro atoms. The Balaban J connectivity index is 1.94. The first-order chi connectivity index (χ1) is 9.60. The van der Waals surface area contributed by atoms with Gasteiger partial charge in [-0.1, -0.05) is 55.4 Å². The van der Waals surface area contributed by atoms with E-state index in [4.69, 9.17) is 4.42 Å². The second-order valence-electron chi connectivity index (χ2n) is 5.17. The van der Waals surface area contributed by atoms with Gasteiger partial charge >= 0.3 is 0 Å². The van der Waals surface area contributed by atoms with Gasteiger partial charge in [-0.05, 0) is 18.9 Å². The van der Waals surface area contributed by atoms with Crippen molar-refractivity contribution in [1.29, 1.82) is 0 Å². The van der Waals surface area contributed by atoms with Crippen LogP contribution in [-0.4, -0.2) is 10.2 Å². The largest absolute Gasteiger partial charge is 0.410 e. The predicted octanol–water partition coefficient (Wildman–Crippen LogP) is 3.00. The zero-order valence-corrected chi connectivity index (χ0v) is 13.1. The molecule has 1 aromatic heterocycles. The molecule has 0 saturated heterocycles. The van der Waals surface area contributed by atoms with Crippen LogP contribution in [-0.2, 0) is 5.75 Å². The molecule has 0 unspecified atom stereocenters. The molecule has 0 aliphatic carbocycles. The molecule has 0 fully saturated rings. The van der Waals surface area contributed by atoms with Gasteiger partial charge in [0.1, 0.15) is 0 Å². The number of hydrogen-bond donors (Lipinski definition) is 1. The number of quaternary nitrogens is 1. The highest BCUT2D eigenvalue weighted by Crippen LogP contribution is 2.25. The van der Waals surface area contributed by atoms with E-state index in [1.54, 1.807) is 11.8 Å². The van der Waals surface area contributed by atoms with E-state index in [2.05, 4.69) is 61.0 Å². The van der Waals surface area contributed by atoms with Crippen LogP contribution in [0, 0.1) is 12.8 Å². The third kappa shape index (κ3) is 3.84. The van der Waals surface area contributed by atoms with E-state index in [-0.39, 0.29) is 6.04 Å². The third-order valence-electron chi connectivity index (χ3n) is 3.55. The Morgan fingerprint density at radius 1 is 1.25 bits per heavy atom. The molecule has 2 atom stereocenters. The van der Waals surface area contributed by atoms with Crippen molar-refractivity contribution in [2.24, 2.45) is 5.92 Å². The molecule has 1 heterocycles. The van der Waals surface area contributed by atoms with Crippen LogP contribution in [0.15, 0.2) is 33.9 Å². The van der Waals surface area contributed by atoms with Crippen LogP contribution in [0.4, 0.5) is 0 Å². The fraction of sp³-hybridized carbons (Fsp3) is 0.467. The molecule has 0 bridgehead atoms. The van der Waals surface area contributed by atoms with Crippen LogP contribution < -0.4 is 5.73 Å². The Labute approximate surface area is 124 Å². The topological polar surface area (TPSA) is 66.6 Å². The normalized spacial score (nSPS) is 14.2. The molecule has 2 aromatic rings. The third-order valence-corrected chi connectivity index (χ3v) is 4.44. The van der Waals surface area contributed by atoms with Crippen molar-refractivity contribution in [3.8, 4) is 0 Å². The highest BCUT2D eigenvalue weighted by Gasteiger charge is 2.23. The van der Waals surface area contributed by atoms with Crippen molar-refractivity contribution in [2.75, 3.05) is 0 Å². The summed E-state index contributed by atoms with van der Waals surface area (Å²) in [5.74, 6) is 1.93. The lowest BCUT2D eigenvalue weighted by Gasteiger charge is -2.09. The summed E-state index contributed by atoms with van der Waals surface area (Å²) >= 11 is 1.57. The molecule has 20 heavy (non-hydrogen) atoms. The van der Waals surface area contributed by atoms with E-state index in [1.807, 2.05) is 0 Å². The van der Waals surface area contributed by atoms with Gasteiger partial charge in [0.2, 0.25) is 0 Å². The molecule has 5 heteroatoms. The number of aryl methyl sites for hydroxylation is 1. The van der Waals surface area contributed by atoms with E-state index in [0.29, 0.717) is 17.0 Å². The standard InChI is InChI=1S/C15H21N3OS/c1-4-11(3)13(16)14-17-18-15(19-14)20-9-12-7-5-10(2)6-8-12/h5-8,11,13H,4,9,16H2,1-3H3/p+1/t11-,13-/m0/s1. The van der Waals surface area contributed by atoms with E-state index >= 15 is 0 Å². The van der Waals surface area contributed by atoms with Gasteiger partial charge in [0.25, 0.3) is 11.1 Å². The first-order valence-electron chi connectivity index (χ1n) is 6.95. The molecule has 0 amide bonds. The minimum atomic E-state index is 0.0706. The first-order valence-corrected chi connectivity index (χ1v) is 7.93. The average Bonchev–Trinajstić information content (AvgIpc) is 2.94. The van der Waals surface area contributed by atoms with Gasteiger partial charge in [-0.2, -0.15) is 0 Å². The van der Waals surface area contributed by atoms with Crippen molar-refractivity contribution in [3.05, 3.63) is 41.3 Å². The summed E-state index contributed by atoms with van der Waals surface area (Å²) in [6.07, 6.45) is 1.06. The maximum Gasteiger partial charge on any atom is 0.277 e. The molecule has 108 valence electrons. The van der Waals surface area contributed by atoms with Crippen molar-refractivity contribution in [1.82, 2.24) is 10.2 Å². The highest BCUT2D eigenvalue weighted by molar-refractivity contribution is 7.98. The molecule has 0 radical (unpaired) electrons. The minimum absolute atomic E-state index is 0.0706. The predicted molar refractivity (Wildman–Crippen MR) is 80.1 cm³/mol. The Morgan fingerprint density at radius 3 is 2.60 bits per heavy atom. The highest BCUT2D eigenvalue weighted by atomic mass is 32.2. The summed E-state index contributed by atoms with van der Waals surface area (Å²) in [5.41, 5.74) is 6.64. The van der Waals surface area contributed by atoms with Gasteiger partial charge < -0.3 is 10.2 Å². The number of rotatable bonds is 6. The molecule has 2 rings (SSSR count). The van der Waals surface area contributed by atoms with Crippen LogP contribution in [0.2, 0.25) is 0 Å². The molecular weight excluding hydrogens is 270 g/mol. The average molecular weight is 292 g/mol. The van der Waals surface area contributed by atoms with Crippen molar-refractivity contribution < 1.29 is 10.2 Å². The molecule has 0 aliphatic rings. The van der Waals surface area contributed by atoms with Gasteiger partial charge in [0.15, 0.2) is 6.04 Å². The summed E-state index contributed by atoms with van der Waals surface area (Å²) in [4.78, 5) is 0. The maximum absolute atomic E-state index is 5.69. The lowest BCUT2D eigenvalue weighted by Crippen LogP contribution is -2.56. The van der Waals surface area contributed by atoms with Crippen molar-refractivity contribution in [2.45, 2.75) is 44.2 Å². The zero-order valence-electron chi connectivity index (χ0n) is 12.3. The molecule has 0 aliphatic heterocycles. The fourth-order valence-corrected chi connectivity index (χ4v) is 2.51. The Kier molecular flexibility index (Phi) is 5.20.